The normalized spacial score (nSPS) is 33.1. The van der Waals surface area contributed by atoms with Crippen LogP contribution in [0, 0.1) is 11.8 Å². The zero-order chi connectivity index (χ0) is 13.0. The number of nitrogens with one attached hydrogen (secondary N) is 1. The summed E-state index contributed by atoms with van der Waals surface area (Å²) in [7, 11) is -2.81. The SMILES string of the molecule is CCS(=O)(=O)CCNC1CCC2CCCCC2C1. The molecule has 3 nitrogen and oxygen atoms in total. The van der Waals surface area contributed by atoms with Gasteiger partial charge in [-0.15, -0.1) is 0 Å². The maximum atomic E-state index is 11.4. The Morgan fingerprint density at radius 2 is 1.78 bits per heavy atom. The molecule has 0 aromatic rings. The molecule has 0 saturated heterocycles. The molecule has 2 aliphatic rings. The van der Waals surface area contributed by atoms with Gasteiger partial charge in [0, 0.05) is 18.3 Å². The third-order valence-corrected chi connectivity index (χ3v) is 6.53. The third kappa shape index (κ3) is 3.95. The number of hydrogen-bond acceptors (Lipinski definition) is 3. The Morgan fingerprint density at radius 1 is 1.06 bits per heavy atom. The first-order chi connectivity index (χ1) is 8.61. The summed E-state index contributed by atoms with van der Waals surface area (Å²) in [4.78, 5) is 0. The van der Waals surface area contributed by atoms with E-state index in [0.29, 0.717) is 18.3 Å². The minimum Gasteiger partial charge on any atom is -0.313 e. The molecular weight excluding hydrogens is 246 g/mol. The van der Waals surface area contributed by atoms with E-state index in [1.807, 2.05) is 0 Å². The van der Waals surface area contributed by atoms with Gasteiger partial charge in [-0.1, -0.05) is 32.6 Å². The maximum absolute atomic E-state index is 11.4. The monoisotopic (exact) mass is 273 g/mol. The summed E-state index contributed by atoms with van der Waals surface area (Å²) in [6, 6.07) is 0.566. The van der Waals surface area contributed by atoms with E-state index in [0.717, 1.165) is 11.8 Å². The minimum absolute atomic E-state index is 0.268. The molecule has 0 radical (unpaired) electrons. The highest BCUT2D eigenvalue weighted by atomic mass is 32.2. The fourth-order valence-corrected chi connectivity index (χ4v) is 4.34. The first-order valence-corrected chi connectivity index (χ1v) is 9.36. The molecule has 106 valence electrons. The minimum atomic E-state index is -2.81. The van der Waals surface area contributed by atoms with Crippen LogP contribution < -0.4 is 5.32 Å². The van der Waals surface area contributed by atoms with Gasteiger partial charge in [0.1, 0.15) is 0 Å². The van der Waals surface area contributed by atoms with Crippen LogP contribution in [-0.4, -0.2) is 32.5 Å². The first kappa shape index (κ1) is 14.3. The van der Waals surface area contributed by atoms with Crippen LogP contribution in [0.1, 0.15) is 51.9 Å². The molecular formula is C14H27NO2S. The summed E-state index contributed by atoms with van der Waals surface area (Å²) in [6.07, 6.45) is 9.52. The second kappa shape index (κ2) is 6.38. The number of sulfone groups is 1. The zero-order valence-corrected chi connectivity index (χ0v) is 12.3. The van der Waals surface area contributed by atoms with Crippen molar-refractivity contribution >= 4 is 9.84 Å². The summed E-state index contributed by atoms with van der Waals surface area (Å²) in [5.41, 5.74) is 0. The fraction of sp³-hybridized carbons (Fsp3) is 1.00. The van der Waals surface area contributed by atoms with Crippen LogP contribution in [0.15, 0.2) is 0 Å². The van der Waals surface area contributed by atoms with Crippen LogP contribution in [0.3, 0.4) is 0 Å². The van der Waals surface area contributed by atoms with E-state index in [1.165, 1.54) is 44.9 Å². The lowest BCUT2D eigenvalue weighted by atomic mass is 9.69. The molecule has 18 heavy (non-hydrogen) atoms. The number of rotatable bonds is 5. The van der Waals surface area contributed by atoms with Gasteiger partial charge in [-0.2, -0.15) is 0 Å². The van der Waals surface area contributed by atoms with E-state index in [-0.39, 0.29) is 5.75 Å². The van der Waals surface area contributed by atoms with Crippen molar-refractivity contribution in [1.82, 2.24) is 5.32 Å². The zero-order valence-electron chi connectivity index (χ0n) is 11.5. The third-order valence-electron chi connectivity index (χ3n) is 4.83. The highest BCUT2D eigenvalue weighted by Crippen LogP contribution is 2.40. The quantitative estimate of drug-likeness (QED) is 0.836. The summed E-state index contributed by atoms with van der Waals surface area (Å²) in [5, 5.41) is 3.47. The predicted molar refractivity (Wildman–Crippen MR) is 75.4 cm³/mol. The largest absolute Gasteiger partial charge is 0.313 e. The van der Waals surface area contributed by atoms with Crippen LogP contribution in [0.4, 0.5) is 0 Å². The van der Waals surface area contributed by atoms with Gasteiger partial charge in [0.15, 0.2) is 9.84 Å². The molecule has 0 aliphatic heterocycles. The van der Waals surface area contributed by atoms with Crippen LogP contribution in [0.25, 0.3) is 0 Å². The average Bonchev–Trinajstić information content (AvgIpc) is 2.38. The Morgan fingerprint density at radius 3 is 2.50 bits per heavy atom. The molecule has 1 N–H and O–H groups in total. The Hall–Kier alpha value is -0.0900. The molecule has 2 saturated carbocycles. The second-order valence-corrected chi connectivity index (χ2v) is 8.48. The Bertz CT molecular complexity index is 353. The van der Waals surface area contributed by atoms with Crippen molar-refractivity contribution in [2.45, 2.75) is 57.9 Å². The van der Waals surface area contributed by atoms with Gasteiger partial charge < -0.3 is 5.32 Å². The smallest absolute Gasteiger partial charge is 0.151 e. The van der Waals surface area contributed by atoms with Crippen LogP contribution >= 0.6 is 0 Å². The molecule has 0 spiro atoms. The topological polar surface area (TPSA) is 46.2 Å². The predicted octanol–water partition coefficient (Wildman–Crippen LogP) is 2.37. The number of hydrogen-bond donors (Lipinski definition) is 1. The summed E-state index contributed by atoms with van der Waals surface area (Å²) in [6.45, 7) is 2.36. The van der Waals surface area contributed by atoms with Gasteiger partial charge in [0.25, 0.3) is 0 Å². The Kier molecular flexibility index (Phi) is 5.07. The van der Waals surface area contributed by atoms with Crippen molar-refractivity contribution in [3.05, 3.63) is 0 Å². The molecule has 2 aliphatic carbocycles. The van der Waals surface area contributed by atoms with Crippen molar-refractivity contribution in [3.63, 3.8) is 0 Å². The molecule has 3 atom stereocenters. The Balaban J connectivity index is 1.71. The van der Waals surface area contributed by atoms with Gasteiger partial charge in [-0.25, -0.2) is 8.42 Å². The molecule has 0 amide bonds. The van der Waals surface area contributed by atoms with Crippen LogP contribution in [0.2, 0.25) is 0 Å². The van der Waals surface area contributed by atoms with E-state index < -0.39 is 9.84 Å². The van der Waals surface area contributed by atoms with Crippen LogP contribution in [0.5, 0.6) is 0 Å². The van der Waals surface area contributed by atoms with Crippen molar-refractivity contribution in [2.75, 3.05) is 18.1 Å². The van der Waals surface area contributed by atoms with Gasteiger partial charge >= 0.3 is 0 Å². The van der Waals surface area contributed by atoms with Crippen molar-refractivity contribution in [1.29, 1.82) is 0 Å². The number of fused-ring (bicyclic) bond motifs is 1. The standard InChI is InChI=1S/C14H27NO2S/c1-2-18(16,17)10-9-15-14-8-7-12-5-3-4-6-13(12)11-14/h12-15H,2-11H2,1H3. The highest BCUT2D eigenvalue weighted by molar-refractivity contribution is 7.91. The second-order valence-electron chi connectivity index (χ2n) is 6.01. The van der Waals surface area contributed by atoms with Crippen molar-refractivity contribution in [2.24, 2.45) is 11.8 Å². The fourth-order valence-electron chi connectivity index (χ4n) is 3.62. The van der Waals surface area contributed by atoms with E-state index in [4.69, 9.17) is 0 Å². The van der Waals surface area contributed by atoms with E-state index in [1.54, 1.807) is 6.92 Å². The maximum Gasteiger partial charge on any atom is 0.151 e. The van der Waals surface area contributed by atoms with Gasteiger partial charge in [-0.05, 0) is 31.1 Å². The molecule has 0 heterocycles. The summed E-state index contributed by atoms with van der Waals surface area (Å²) in [5.74, 6) is 2.45. The molecule has 3 unspecified atom stereocenters. The summed E-state index contributed by atoms with van der Waals surface area (Å²) >= 11 is 0. The molecule has 4 heteroatoms. The van der Waals surface area contributed by atoms with Gasteiger partial charge in [0.05, 0.1) is 5.75 Å². The Labute approximate surface area is 112 Å². The van der Waals surface area contributed by atoms with E-state index in [2.05, 4.69) is 5.32 Å². The van der Waals surface area contributed by atoms with E-state index in [9.17, 15) is 8.42 Å². The van der Waals surface area contributed by atoms with Crippen molar-refractivity contribution < 1.29 is 8.42 Å². The lowest BCUT2D eigenvalue weighted by Crippen LogP contribution is -2.40. The first-order valence-electron chi connectivity index (χ1n) is 7.54. The van der Waals surface area contributed by atoms with Crippen molar-refractivity contribution in [3.8, 4) is 0 Å². The van der Waals surface area contributed by atoms with E-state index >= 15 is 0 Å². The molecule has 0 aromatic heterocycles. The lowest BCUT2D eigenvalue weighted by molar-refractivity contribution is 0.145. The molecule has 0 bridgehead atoms. The van der Waals surface area contributed by atoms with Gasteiger partial charge in [0.2, 0.25) is 0 Å². The summed E-state index contributed by atoms with van der Waals surface area (Å²) < 4.78 is 22.9. The molecule has 2 rings (SSSR count). The van der Waals surface area contributed by atoms with Gasteiger partial charge in [-0.3, -0.25) is 0 Å². The average molecular weight is 273 g/mol. The lowest BCUT2D eigenvalue weighted by Gasteiger charge is -2.39. The molecule has 2 fully saturated rings. The molecule has 0 aromatic carbocycles. The van der Waals surface area contributed by atoms with Crippen LogP contribution in [-0.2, 0) is 9.84 Å². The highest BCUT2D eigenvalue weighted by Gasteiger charge is 2.31.